The van der Waals surface area contributed by atoms with E-state index in [0.29, 0.717) is 32.5 Å². The number of hydrogen-bond donors (Lipinski definition) is 1. The minimum Gasteiger partial charge on any atom is -0.324 e. The van der Waals surface area contributed by atoms with Gasteiger partial charge >= 0.3 is 0 Å². The third-order valence-corrected chi connectivity index (χ3v) is 7.22. The minimum atomic E-state index is -0.211. The zero-order valence-corrected chi connectivity index (χ0v) is 19.8. The lowest BCUT2D eigenvalue weighted by Crippen LogP contribution is -2.15. The molecule has 0 atom stereocenters. The number of amides is 1. The van der Waals surface area contributed by atoms with E-state index in [1.807, 2.05) is 10.6 Å². The number of rotatable bonds is 9. The number of halogens is 3. The molecule has 1 N–H and O–H groups in total. The van der Waals surface area contributed by atoms with Gasteiger partial charge in [0.1, 0.15) is 5.82 Å². The van der Waals surface area contributed by atoms with Crippen LogP contribution in [0.15, 0.2) is 29.9 Å². The molecular weight excluding hydrogens is 463 g/mol. The molecule has 0 spiro atoms. The molecular formula is C21H25Cl3N4OS. The molecule has 30 heavy (non-hydrogen) atoms. The lowest BCUT2D eigenvalue weighted by molar-refractivity contribution is -0.113. The molecule has 1 aromatic carbocycles. The van der Waals surface area contributed by atoms with Crippen molar-refractivity contribution in [1.82, 2.24) is 14.8 Å². The molecule has 0 unspecified atom stereocenters. The lowest BCUT2D eigenvalue weighted by atomic mass is 9.86. The molecule has 1 amide bonds. The number of nitrogens with zero attached hydrogens (tertiary/aromatic N) is 3. The number of aromatic nitrogens is 3. The highest BCUT2D eigenvalue weighted by atomic mass is 35.5. The first-order valence-electron chi connectivity index (χ1n) is 10.1. The number of aryl methyl sites for hydroxylation is 1. The summed E-state index contributed by atoms with van der Waals surface area (Å²) in [4.78, 5) is 12.4. The molecule has 162 valence electrons. The number of benzene rings is 1. The first-order valence-corrected chi connectivity index (χ1v) is 12.2. The molecule has 2 aromatic rings. The van der Waals surface area contributed by atoms with E-state index in [9.17, 15) is 4.79 Å². The third-order valence-electron chi connectivity index (χ3n) is 5.22. The van der Waals surface area contributed by atoms with E-state index in [-0.39, 0.29) is 11.7 Å². The van der Waals surface area contributed by atoms with Gasteiger partial charge in [0.2, 0.25) is 5.91 Å². The molecule has 1 saturated carbocycles. The standard InChI is InChI=1S/C21H25Cl3N4OS/c1-2-10-28-19(9-8-14-6-4-3-5-7-14)26-27-21(28)30-13-20(29)25-18-12-16(23)15(22)11-17(18)24/h2,11-12,14H,1,3-10,13H2,(H,25,29). The molecule has 1 aliphatic carbocycles. The predicted molar refractivity (Wildman–Crippen MR) is 126 cm³/mol. The van der Waals surface area contributed by atoms with Gasteiger partial charge in [-0.25, -0.2) is 0 Å². The molecule has 0 saturated heterocycles. The zero-order chi connectivity index (χ0) is 21.5. The van der Waals surface area contributed by atoms with Crippen molar-refractivity contribution in [1.29, 1.82) is 0 Å². The number of allylic oxidation sites excluding steroid dienone is 1. The maximum absolute atomic E-state index is 12.4. The Balaban J connectivity index is 1.59. The summed E-state index contributed by atoms with van der Waals surface area (Å²) in [6.45, 7) is 4.46. The second kappa shape index (κ2) is 11.4. The fourth-order valence-corrected chi connectivity index (χ4v) is 5.03. The second-order valence-corrected chi connectivity index (χ2v) is 9.59. The minimum absolute atomic E-state index is 0.175. The Bertz CT molecular complexity index is 897. The number of nitrogens with one attached hydrogen (secondary N) is 1. The average molecular weight is 488 g/mol. The summed E-state index contributed by atoms with van der Waals surface area (Å²) < 4.78 is 2.04. The third kappa shape index (κ3) is 6.39. The molecule has 1 heterocycles. The highest BCUT2D eigenvalue weighted by Gasteiger charge is 2.18. The first-order chi connectivity index (χ1) is 14.5. The van der Waals surface area contributed by atoms with Gasteiger partial charge in [0.05, 0.1) is 26.5 Å². The summed E-state index contributed by atoms with van der Waals surface area (Å²) in [6.07, 6.45) is 10.5. The zero-order valence-electron chi connectivity index (χ0n) is 16.7. The van der Waals surface area contributed by atoms with E-state index < -0.39 is 0 Å². The van der Waals surface area contributed by atoms with Crippen molar-refractivity contribution in [2.75, 3.05) is 11.1 Å². The molecule has 3 rings (SSSR count). The topological polar surface area (TPSA) is 59.8 Å². The van der Waals surface area contributed by atoms with Crippen LogP contribution in [-0.2, 0) is 17.8 Å². The maximum atomic E-state index is 12.4. The van der Waals surface area contributed by atoms with E-state index in [4.69, 9.17) is 34.8 Å². The van der Waals surface area contributed by atoms with Crippen molar-refractivity contribution >= 4 is 58.2 Å². The van der Waals surface area contributed by atoms with Gasteiger partial charge in [-0.3, -0.25) is 4.79 Å². The monoisotopic (exact) mass is 486 g/mol. The van der Waals surface area contributed by atoms with Crippen LogP contribution in [0, 0.1) is 5.92 Å². The van der Waals surface area contributed by atoms with Gasteiger partial charge in [-0.15, -0.1) is 16.8 Å². The summed E-state index contributed by atoms with van der Waals surface area (Å²) in [5.41, 5.74) is 0.428. The van der Waals surface area contributed by atoms with Gasteiger partial charge in [0.25, 0.3) is 0 Å². The van der Waals surface area contributed by atoms with Crippen LogP contribution in [0.2, 0.25) is 15.1 Å². The Morgan fingerprint density at radius 2 is 1.90 bits per heavy atom. The van der Waals surface area contributed by atoms with Gasteiger partial charge in [-0.2, -0.15) is 0 Å². The Morgan fingerprint density at radius 3 is 2.63 bits per heavy atom. The van der Waals surface area contributed by atoms with Crippen molar-refractivity contribution in [3.05, 3.63) is 45.7 Å². The van der Waals surface area contributed by atoms with Gasteiger partial charge in [0, 0.05) is 13.0 Å². The van der Waals surface area contributed by atoms with Crippen molar-refractivity contribution in [3.8, 4) is 0 Å². The molecule has 1 fully saturated rings. The van der Waals surface area contributed by atoms with Gasteiger partial charge < -0.3 is 9.88 Å². The molecule has 0 aliphatic heterocycles. The van der Waals surface area contributed by atoms with E-state index >= 15 is 0 Å². The van der Waals surface area contributed by atoms with Crippen molar-refractivity contribution in [2.24, 2.45) is 5.92 Å². The maximum Gasteiger partial charge on any atom is 0.234 e. The van der Waals surface area contributed by atoms with Crippen LogP contribution in [0.5, 0.6) is 0 Å². The Morgan fingerprint density at radius 1 is 1.17 bits per heavy atom. The quantitative estimate of drug-likeness (QED) is 0.244. The highest BCUT2D eigenvalue weighted by molar-refractivity contribution is 7.99. The van der Waals surface area contributed by atoms with E-state index in [2.05, 4.69) is 22.1 Å². The van der Waals surface area contributed by atoms with Gasteiger partial charge in [-0.05, 0) is 24.5 Å². The van der Waals surface area contributed by atoms with Crippen molar-refractivity contribution in [2.45, 2.75) is 56.6 Å². The lowest BCUT2D eigenvalue weighted by Gasteiger charge is -2.21. The summed E-state index contributed by atoms with van der Waals surface area (Å²) in [5.74, 6) is 1.70. The highest BCUT2D eigenvalue weighted by Crippen LogP contribution is 2.32. The summed E-state index contributed by atoms with van der Waals surface area (Å²) in [7, 11) is 0. The molecule has 0 radical (unpaired) electrons. The number of hydrogen-bond acceptors (Lipinski definition) is 4. The Kier molecular flexibility index (Phi) is 8.93. The number of carbonyl (C=O) groups is 1. The molecule has 9 heteroatoms. The fraction of sp³-hybridized carbons (Fsp3) is 0.476. The van der Waals surface area contributed by atoms with E-state index in [0.717, 1.165) is 24.6 Å². The summed E-state index contributed by atoms with van der Waals surface area (Å²) >= 11 is 19.4. The SMILES string of the molecule is C=CCn1c(CCC2CCCCC2)nnc1SCC(=O)Nc1cc(Cl)c(Cl)cc1Cl. The van der Waals surface area contributed by atoms with Crippen LogP contribution in [0.3, 0.4) is 0 Å². The van der Waals surface area contributed by atoms with Gasteiger partial charge in [-0.1, -0.05) is 84.7 Å². The summed E-state index contributed by atoms with van der Waals surface area (Å²) in [5, 5.41) is 13.2. The predicted octanol–water partition coefficient (Wildman–Crippen LogP) is 6.67. The molecule has 1 aromatic heterocycles. The smallest absolute Gasteiger partial charge is 0.234 e. The van der Waals surface area contributed by atoms with Crippen LogP contribution in [-0.4, -0.2) is 26.4 Å². The largest absolute Gasteiger partial charge is 0.324 e. The van der Waals surface area contributed by atoms with Crippen LogP contribution in [0.4, 0.5) is 5.69 Å². The number of thioether (sulfide) groups is 1. The van der Waals surface area contributed by atoms with E-state index in [1.54, 1.807) is 6.07 Å². The second-order valence-electron chi connectivity index (χ2n) is 7.42. The van der Waals surface area contributed by atoms with Crippen molar-refractivity contribution in [3.63, 3.8) is 0 Å². The van der Waals surface area contributed by atoms with Crippen LogP contribution >= 0.6 is 46.6 Å². The number of anilines is 1. The first kappa shape index (κ1) is 23.5. The Labute approximate surface area is 196 Å². The fourth-order valence-electron chi connectivity index (χ4n) is 3.67. The van der Waals surface area contributed by atoms with Crippen molar-refractivity contribution < 1.29 is 4.79 Å². The van der Waals surface area contributed by atoms with Crippen LogP contribution < -0.4 is 5.32 Å². The Hall–Kier alpha value is -1.21. The van der Waals surface area contributed by atoms with Crippen LogP contribution in [0.25, 0.3) is 0 Å². The van der Waals surface area contributed by atoms with E-state index in [1.165, 1.54) is 49.9 Å². The van der Waals surface area contributed by atoms with Gasteiger partial charge in [0.15, 0.2) is 5.16 Å². The molecule has 1 aliphatic rings. The molecule has 5 nitrogen and oxygen atoms in total. The van der Waals surface area contributed by atoms with Crippen LogP contribution in [0.1, 0.15) is 44.3 Å². The number of carbonyl (C=O) groups excluding carboxylic acids is 1. The summed E-state index contributed by atoms with van der Waals surface area (Å²) in [6, 6.07) is 3.05. The molecule has 0 bridgehead atoms. The average Bonchev–Trinajstić information content (AvgIpc) is 3.11. The normalized spacial score (nSPS) is 14.6.